The van der Waals surface area contributed by atoms with E-state index >= 15 is 0 Å². The standard InChI is InChI=1S/C24H24BrFN2O3/c1-2-30-22-13-16(11-18(14-27)24(29)28-19-8-4-5-9-19)12-20(25)23(22)31-15-17-7-3-6-10-21(17)26/h3,6-7,10-13,19H,2,4-5,8-9,15H2,1H3,(H,28,29)/b18-11-. The molecule has 31 heavy (non-hydrogen) atoms. The van der Waals surface area contributed by atoms with E-state index in [1.807, 2.05) is 13.0 Å². The molecule has 162 valence electrons. The Labute approximate surface area is 190 Å². The second kappa shape index (κ2) is 11.0. The summed E-state index contributed by atoms with van der Waals surface area (Å²) in [6.45, 7) is 2.27. The molecule has 0 unspecified atom stereocenters. The number of nitriles is 1. The third-order valence-corrected chi connectivity index (χ3v) is 5.62. The first-order valence-corrected chi connectivity index (χ1v) is 11.1. The molecule has 0 aliphatic heterocycles. The van der Waals surface area contributed by atoms with Crippen LogP contribution in [0.15, 0.2) is 46.4 Å². The lowest BCUT2D eigenvalue weighted by molar-refractivity contribution is -0.117. The zero-order valence-corrected chi connectivity index (χ0v) is 18.9. The van der Waals surface area contributed by atoms with E-state index in [0.717, 1.165) is 25.7 Å². The summed E-state index contributed by atoms with van der Waals surface area (Å²) in [4.78, 5) is 12.5. The van der Waals surface area contributed by atoms with Crippen LogP contribution in [0.1, 0.15) is 43.7 Å². The predicted octanol–water partition coefficient (Wildman–Crippen LogP) is 5.53. The summed E-state index contributed by atoms with van der Waals surface area (Å²) in [6.07, 6.45) is 5.60. The van der Waals surface area contributed by atoms with E-state index in [0.29, 0.717) is 33.7 Å². The Morgan fingerprint density at radius 1 is 1.29 bits per heavy atom. The molecule has 1 amide bonds. The van der Waals surface area contributed by atoms with Gasteiger partial charge >= 0.3 is 0 Å². The van der Waals surface area contributed by atoms with Crippen molar-refractivity contribution in [2.45, 2.75) is 45.3 Å². The van der Waals surface area contributed by atoms with Crippen LogP contribution in [0, 0.1) is 17.1 Å². The third-order valence-electron chi connectivity index (χ3n) is 5.03. The molecule has 0 saturated heterocycles. The molecule has 1 aliphatic rings. The minimum atomic E-state index is -0.372. The number of ether oxygens (including phenoxy) is 2. The molecular weight excluding hydrogens is 463 g/mol. The van der Waals surface area contributed by atoms with Crippen molar-refractivity contribution in [1.29, 1.82) is 5.26 Å². The number of halogens is 2. The maximum atomic E-state index is 13.9. The monoisotopic (exact) mass is 486 g/mol. The SMILES string of the molecule is CCOc1cc(/C=C(/C#N)C(=O)NC2CCCC2)cc(Br)c1OCc1ccccc1F. The molecule has 0 radical (unpaired) electrons. The number of hydrogen-bond acceptors (Lipinski definition) is 4. The van der Waals surface area contributed by atoms with Crippen molar-refractivity contribution in [2.75, 3.05) is 6.61 Å². The molecule has 0 spiro atoms. The topological polar surface area (TPSA) is 71.3 Å². The highest BCUT2D eigenvalue weighted by Crippen LogP contribution is 2.38. The number of amides is 1. The number of benzene rings is 2. The van der Waals surface area contributed by atoms with Gasteiger partial charge in [0.15, 0.2) is 11.5 Å². The van der Waals surface area contributed by atoms with Gasteiger partial charge in [-0.25, -0.2) is 4.39 Å². The van der Waals surface area contributed by atoms with Crippen LogP contribution in [0.2, 0.25) is 0 Å². The van der Waals surface area contributed by atoms with Crippen LogP contribution in [0.5, 0.6) is 11.5 Å². The average Bonchev–Trinajstić information content (AvgIpc) is 3.25. The Balaban J connectivity index is 1.82. The first-order chi connectivity index (χ1) is 15.0. The molecular formula is C24H24BrFN2O3. The number of nitrogens with one attached hydrogen (secondary N) is 1. The molecule has 3 rings (SSSR count). The van der Waals surface area contributed by atoms with Gasteiger partial charge in [0.25, 0.3) is 5.91 Å². The van der Waals surface area contributed by atoms with Crippen LogP contribution < -0.4 is 14.8 Å². The fourth-order valence-electron chi connectivity index (χ4n) is 3.49. The Morgan fingerprint density at radius 2 is 2.03 bits per heavy atom. The van der Waals surface area contributed by atoms with Gasteiger partial charge < -0.3 is 14.8 Å². The molecule has 0 bridgehead atoms. The zero-order valence-electron chi connectivity index (χ0n) is 17.3. The van der Waals surface area contributed by atoms with E-state index in [1.54, 1.807) is 30.3 Å². The second-order valence-corrected chi connectivity index (χ2v) is 8.12. The van der Waals surface area contributed by atoms with E-state index in [-0.39, 0.29) is 29.9 Å². The number of hydrogen-bond donors (Lipinski definition) is 1. The molecule has 5 nitrogen and oxygen atoms in total. The molecule has 0 aromatic heterocycles. The molecule has 1 saturated carbocycles. The maximum absolute atomic E-state index is 13.9. The Kier molecular flexibility index (Phi) is 8.07. The van der Waals surface area contributed by atoms with Gasteiger partial charge in [0.05, 0.1) is 11.1 Å². The Hall–Kier alpha value is -2.85. The third kappa shape index (κ3) is 6.08. The van der Waals surface area contributed by atoms with Crippen molar-refractivity contribution in [2.24, 2.45) is 0 Å². The first kappa shape index (κ1) is 22.8. The summed E-state index contributed by atoms with van der Waals surface area (Å²) in [6, 6.07) is 11.9. The number of carbonyl (C=O) groups excluding carboxylic acids is 1. The molecule has 1 fully saturated rings. The van der Waals surface area contributed by atoms with E-state index in [9.17, 15) is 14.4 Å². The van der Waals surface area contributed by atoms with Crippen LogP contribution >= 0.6 is 15.9 Å². The van der Waals surface area contributed by atoms with Crippen molar-refractivity contribution >= 4 is 27.9 Å². The van der Waals surface area contributed by atoms with Crippen molar-refractivity contribution in [3.8, 4) is 17.6 Å². The first-order valence-electron chi connectivity index (χ1n) is 10.3. The average molecular weight is 487 g/mol. The van der Waals surface area contributed by atoms with Crippen LogP contribution in [0.25, 0.3) is 6.08 Å². The quantitative estimate of drug-likeness (QED) is 0.393. The summed E-state index contributed by atoms with van der Waals surface area (Å²) in [7, 11) is 0. The minimum Gasteiger partial charge on any atom is -0.490 e. The van der Waals surface area contributed by atoms with Gasteiger partial charge in [-0.15, -0.1) is 0 Å². The van der Waals surface area contributed by atoms with Gasteiger partial charge in [-0.05, 0) is 65.5 Å². The van der Waals surface area contributed by atoms with E-state index in [4.69, 9.17) is 9.47 Å². The second-order valence-electron chi connectivity index (χ2n) is 7.27. The lowest BCUT2D eigenvalue weighted by atomic mass is 10.1. The normalized spacial score (nSPS) is 14.2. The molecule has 1 N–H and O–H groups in total. The lowest BCUT2D eigenvalue weighted by Crippen LogP contribution is -2.33. The number of nitrogens with zero attached hydrogens (tertiary/aromatic N) is 1. The number of rotatable bonds is 8. The Bertz CT molecular complexity index is 1010. The van der Waals surface area contributed by atoms with E-state index in [2.05, 4.69) is 21.2 Å². The van der Waals surface area contributed by atoms with E-state index < -0.39 is 0 Å². The summed E-state index contributed by atoms with van der Waals surface area (Å²) in [5.74, 6) is 0.149. The largest absolute Gasteiger partial charge is 0.490 e. The van der Waals surface area contributed by atoms with Crippen LogP contribution in [0.3, 0.4) is 0 Å². The van der Waals surface area contributed by atoms with Gasteiger partial charge in [0.1, 0.15) is 24.1 Å². The summed E-state index contributed by atoms with van der Waals surface area (Å²) in [5, 5.41) is 12.4. The van der Waals surface area contributed by atoms with Crippen LogP contribution in [-0.2, 0) is 11.4 Å². The zero-order chi connectivity index (χ0) is 22.2. The van der Waals surface area contributed by atoms with Crippen LogP contribution in [-0.4, -0.2) is 18.6 Å². The fourth-order valence-corrected chi connectivity index (χ4v) is 4.06. The van der Waals surface area contributed by atoms with Crippen molar-refractivity contribution in [3.05, 3.63) is 63.4 Å². The Morgan fingerprint density at radius 3 is 2.71 bits per heavy atom. The number of carbonyl (C=O) groups is 1. The molecule has 2 aromatic rings. The highest BCUT2D eigenvalue weighted by atomic mass is 79.9. The molecule has 2 aromatic carbocycles. The predicted molar refractivity (Wildman–Crippen MR) is 120 cm³/mol. The fraction of sp³-hybridized carbons (Fsp3) is 0.333. The van der Waals surface area contributed by atoms with Gasteiger partial charge in [-0.3, -0.25) is 4.79 Å². The highest BCUT2D eigenvalue weighted by Gasteiger charge is 2.20. The summed E-state index contributed by atoms with van der Waals surface area (Å²) in [5.41, 5.74) is 1.07. The van der Waals surface area contributed by atoms with Crippen molar-refractivity contribution in [3.63, 3.8) is 0 Å². The van der Waals surface area contributed by atoms with Crippen molar-refractivity contribution < 1.29 is 18.7 Å². The molecule has 0 heterocycles. The van der Waals surface area contributed by atoms with Gasteiger partial charge in [0, 0.05) is 11.6 Å². The maximum Gasteiger partial charge on any atom is 0.262 e. The molecule has 0 atom stereocenters. The minimum absolute atomic E-state index is 0.0290. The highest BCUT2D eigenvalue weighted by molar-refractivity contribution is 9.10. The van der Waals surface area contributed by atoms with Gasteiger partial charge in [0.2, 0.25) is 0 Å². The van der Waals surface area contributed by atoms with Crippen molar-refractivity contribution in [1.82, 2.24) is 5.32 Å². The lowest BCUT2D eigenvalue weighted by Gasteiger charge is -2.15. The van der Waals surface area contributed by atoms with E-state index in [1.165, 1.54) is 12.1 Å². The summed E-state index contributed by atoms with van der Waals surface area (Å²) >= 11 is 3.47. The van der Waals surface area contributed by atoms with Crippen LogP contribution in [0.4, 0.5) is 4.39 Å². The molecule has 1 aliphatic carbocycles. The summed E-state index contributed by atoms with van der Waals surface area (Å²) < 4.78 is 26.0. The smallest absolute Gasteiger partial charge is 0.262 e. The molecule has 7 heteroatoms. The van der Waals surface area contributed by atoms with Gasteiger partial charge in [-0.2, -0.15) is 5.26 Å². The van der Waals surface area contributed by atoms with Gasteiger partial charge in [-0.1, -0.05) is 31.0 Å².